The van der Waals surface area contributed by atoms with Crippen LogP contribution in [-0.4, -0.2) is 20.9 Å². The smallest absolute Gasteiger partial charge is 0.255 e. The number of nitrogens with one attached hydrogen (secondary N) is 2. The summed E-state index contributed by atoms with van der Waals surface area (Å²) >= 11 is 11.8. The quantitative estimate of drug-likeness (QED) is 0.546. The molecule has 3 aromatic carbocycles. The van der Waals surface area contributed by atoms with Crippen LogP contribution in [0, 0.1) is 0 Å². The van der Waals surface area contributed by atoms with E-state index < -0.39 is 15.9 Å². The lowest BCUT2D eigenvalue weighted by atomic mass is 10.2. The second-order valence-electron chi connectivity index (χ2n) is 6.27. The monoisotopic (exact) mass is 448 g/mol. The first-order valence-corrected chi connectivity index (χ1v) is 11.0. The van der Waals surface area contributed by atoms with E-state index in [4.69, 9.17) is 23.2 Å². The van der Waals surface area contributed by atoms with Crippen LogP contribution >= 0.6 is 23.2 Å². The van der Waals surface area contributed by atoms with Gasteiger partial charge in [-0.3, -0.25) is 4.79 Å². The standard InChI is InChI=1S/C21H18Cl2N2O3S/c22-17-12-16(13-18(23)14-17)21(26)25-19-6-8-20(9-7-19)29(27,28)24-11-10-15-4-2-1-3-5-15/h1-9,12-14,24H,10-11H2,(H,25,26). The molecule has 0 atom stereocenters. The molecule has 0 aliphatic heterocycles. The van der Waals surface area contributed by atoms with Gasteiger partial charge >= 0.3 is 0 Å². The van der Waals surface area contributed by atoms with Gasteiger partial charge in [-0.05, 0) is 54.4 Å². The fourth-order valence-electron chi connectivity index (χ4n) is 2.66. The van der Waals surface area contributed by atoms with E-state index in [1.807, 2.05) is 30.3 Å². The first-order valence-electron chi connectivity index (χ1n) is 8.74. The Balaban J connectivity index is 1.62. The van der Waals surface area contributed by atoms with Crippen molar-refractivity contribution in [2.24, 2.45) is 0 Å². The first-order chi connectivity index (χ1) is 13.8. The van der Waals surface area contributed by atoms with E-state index in [9.17, 15) is 13.2 Å². The van der Waals surface area contributed by atoms with Crippen LogP contribution in [0.25, 0.3) is 0 Å². The average molecular weight is 449 g/mol. The first kappa shape index (κ1) is 21.3. The van der Waals surface area contributed by atoms with Crippen molar-refractivity contribution in [3.63, 3.8) is 0 Å². The highest BCUT2D eigenvalue weighted by Gasteiger charge is 2.14. The molecule has 0 bridgehead atoms. The van der Waals surface area contributed by atoms with Gasteiger partial charge in [0.1, 0.15) is 0 Å². The van der Waals surface area contributed by atoms with Crippen molar-refractivity contribution in [3.05, 3.63) is 94.0 Å². The highest BCUT2D eigenvalue weighted by atomic mass is 35.5. The second kappa shape index (κ2) is 9.41. The number of carbonyl (C=O) groups excluding carboxylic acids is 1. The van der Waals surface area contributed by atoms with Gasteiger partial charge in [0.25, 0.3) is 5.91 Å². The molecule has 3 rings (SSSR count). The molecule has 0 aliphatic rings. The van der Waals surface area contributed by atoms with Gasteiger partial charge in [0.15, 0.2) is 0 Å². The van der Waals surface area contributed by atoms with Crippen LogP contribution in [0.1, 0.15) is 15.9 Å². The molecule has 5 nitrogen and oxygen atoms in total. The van der Waals surface area contributed by atoms with E-state index in [1.54, 1.807) is 0 Å². The van der Waals surface area contributed by atoms with Gasteiger partial charge in [-0.25, -0.2) is 13.1 Å². The molecule has 2 N–H and O–H groups in total. The van der Waals surface area contributed by atoms with E-state index in [-0.39, 0.29) is 4.90 Å². The summed E-state index contributed by atoms with van der Waals surface area (Å²) in [6.45, 7) is 0.292. The van der Waals surface area contributed by atoms with Gasteiger partial charge in [-0.2, -0.15) is 0 Å². The third-order valence-corrected chi connectivity index (χ3v) is 6.01. The van der Waals surface area contributed by atoms with E-state index in [0.717, 1.165) is 5.56 Å². The largest absolute Gasteiger partial charge is 0.322 e. The minimum atomic E-state index is -3.64. The van der Waals surface area contributed by atoms with E-state index in [2.05, 4.69) is 10.0 Å². The summed E-state index contributed by atoms with van der Waals surface area (Å²) < 4.78 is 27.4. The zero-order valence-electron chi connectivity index (χ0n) is 15.2. The fraction of sp³-hybridized carbons (Fsp3) is 0.0952. The number of amides is 1. The van der Waals surface area contributed by atoms with Gasteiger partial charge in [0.2, 0.25) is 10.0 Å². The lowest BCUT2D eigenvalue weighted by molar-refractivity contribution is 0.102. The number of hydrogen-bond donors (Lipinski definition) is 2. The molecule has 0 aliphatic carbocycles. The normalized spacial score (nSPS) is 11.2. The molecule has 8 heteroatoms. The Morgan fingerprint density at radius 1 is 0.862 bits per heavy atom. The summed E-state index contributed by atoms with van der Waals surface area (Å²) in [5.41, 5.74) is 1.81. The van der Waals surface area contributed by atoms with Crippen molar-refractivity contribution in [3.8, 4) is 0 Å². The van der Waals surface area contributed by atoms with Crippen molar-refractivity contribution < 1.29 is 13.2 Å². The third kappa shape index (κ3) is 6.05. The van der Waals surface area contributed by atoms with Crippen LogP contribution in [0.2, 0.25) is 10.0 Å². The Hall–Kier alpha value is -2.38. The number of hydrogen-bond acceptors (Lipinski definition) is 3. The topological polar surface area (TPSA) is 75.3 Å². The zero-order chi connectivity index (χ0) is 20.9. The summed E-state index contributed by atoms with van der Waals surface area (Å²) in [7, 11) is -3.64. The maximum Gasteiger partial charge on any atom is 0.255 e. The summed E-state index contributed by atoms with van der Waals surface area (Å²) in [5, 5.41) is 3.39. The number of benzene rings is 3. The summed E-state index contributed by atoms with van der Waals surface area (Å²) in [4.78, 5) is 12.4. The van der Waals surface area contributed by atoms with Crippen LogP contribution in [-0.2, 0) is 16.4 Å². The molecule has 0 radical (unpaired) electrons. The predicted molar refractivity (Wildman–Crippen MR) is 116 cm³/mol. The molecular formula is C21H18Cl2N2O3S. The van der Waals surface area contributed by atoms with Crippen LogP contribution in [0.4, 0.5) is 5.69 Å². The number of anilines is 1. The van der Waals surface area contributed by atoms with Gasteiger partial charge in [-0.1, -0.05) is 53.5 Å². The van der Waals surface area contributed by atoms with Crippen molar-refractivity contribution in [1.29, 1.82) is 0 Å². The number of sulfonamides is 1. The molecule has 29 heavy (non-hydrogen) atoms. The molecule has 0 unspecified atom stereocenters. The number of carbonyl (C=O) groups is 1. The van der Waals surface area contributed by atoms with Crippen molar-refractivity contribution >= 4 is 44.8 Å². The van der Waals surface area contributed by atoms with Crippen LogP contribution < -0.4 is 10.0 Å². The molecule has 0 saturated carbocycles. The summed E-state index contributed by atoms with van der Waals surface area (Å²) in [5.74, 6) is -0.397. The number of rotatable bonds is 7. The molecule has 1 amide bonds. The van der Waals surface area contributed by atoms with Crippen molar-refractivity contribution in [1.82, 2.24) is 4.72 Å². The maximum absolute atomic E-state index is 12.4. The molecule has 150 valence electrons. The molecule has 3 aromatic rings. The molecule has 0 aromatic heterocycles. The summed E-state index contributed by atoms with van der Waals surface area (Å²) in [6.07, 6.45) is 0.594. The predicted octanol–water partition coefficient (Wildman–Crippen LogP) is 4.77. The Bertz CT molecular complexity index is 1080. The second-order valence-corrected chi connectivity index (χ2v) is 8.91. The maximum atomic E-state index is 12.4. The minimum absolute atomic E-state index is 0.120. The van der Waals surface area contributed by atoms with Crippen molar-refractivity contribution in [2.45, 2.75) is 11.3 Å². The van der Waals surface area contributed by atoms with Gasteiger partial charge in [-0.15, -0.1) is 0 Å². The minimum Gasteiger partial charge on any atom is -0.322 e. The molecule has 0 fully saturated rings. The highest BCUT2D eigenvalue weighted by Crippen LogP contribution is 2.21. The van der Waals surface area contributed by atoms with Gasteiger partial charge < -0.3 is 5.32 Å². The Morgan fingerprint density at radius 3 is 2.10 bits per heavy atom. The summed E-state index contributed by atoms with van der Waals surface area (Å²) in [6, 6.07) is 20.1. The molecule has 0 saturated heterocycles. The van der Waals surface area contributed by atoms with Gasteiger partial charge in [0, 0.05) is 27.8 Å². The van der Waals surface area contributed by atoms with E-state index >= 15 is 0 Å². The fourth-order valence-corrected chi connectivity index (χ4v) is 4.22. The number of halogens is 2. The van der Waals surface area contributed by atoms with Gasteiger partial charge in [0.05, 0.1) is 4.90 Å². The van der Waals surface area contributed by atoms with Crippen LogP contribution in [0.15, 0.2) is 77.7 Å². The van der Waals surface area contributed by atoms with Crippen LogP contribution in [0.3, 0.4) is 0 Å². The molecular weight excluding hydrogens is 431 g/mol. The van der Waals surface area contributed by atoms with E-state index in [1.165, 1.54) is 42.5 Å². The Kier molecular flexibility index (Phi) is 6.92. The average Bonchev–Trinajstić information content (AvgIpc) is 2.68. The van der Waals surface area contributed by atoms with E-state index in [0.29, 0.717) is 34.3 Å². The molecule has 0 spiro atoms. The zero-order valence-corrected chi connectivity index (χ0v) is 17.6. The Labute approximate surface area is 179 Å². The lowest BCUT2D eigenvalue weighted by Crippen LogP contribution is -2.26. The Morgan fingerprint density at radius 2 is 1.48 bits per heavy atom. The highest BCUT2D eigenvalue weighted by molar-refractivity contribution is 7.89. The lowest BCUT2D eigenvalue weighted by Gasteiger charge is -2.09. The molecule has 0 heterocycles. The van der Waals surface area contributed by atoms with Crippen molar-refractivity contribution in [2.75, 3.05) is 11.9 Å². The van der Waals surface area contributed by atoms with Crippen LogP contribution in [0.5, 0.6) is 0 Å². The SMILES string of the molecule is O=C(Nc1ccc(S(=O)(=O)NCCc2ccccc2)cc1)c1cc(Cl)cc(Cl)c1. The third-order valence-electron chi connectivity index (χ3n) is 4.10.